The van der Waals surface area contributed by atoms with E-state index < -0.39 is 0 Å². The molecule has 6 heteroatoms. The number of hydrogen-bond donors (Lipinski definition) is 2. The number of nitrogens with one attached hydrogen (secondary N) is 2. The van der Waals surface area contributed by atoms with Gasteiger partial charge >= 0.3 is 0 Å². The molecule has 1 aliphatic heterocycles. The van der Waals surface area contributed by atoms with Gasteiger partial charge in [-0.15, -0.1) is 24.0 Å². The smallest absolute Gasteiger partial charge is 0.204 e. The predicted molar refractivity (Wildman–Crippen MR) is 105 cm³/mol. The molecule has 3 rings (SSSR count). The van der Waals surface area contributed by atoms with Crippen LogP contribution in [-0.4, -0.2) is 34.5 Å². The second-order valence-electron chi connectivity index (χ2n) is 6.05. The van der Waals surface area contributed by atoms with Gasteiger partial charge in [0.25, 0.3) is 0 Å². The highest BCUT2D eigenvalue weighted by Gasteiger charge is 2.17. The number of rotatable bonds is 6. The summed E-state index contributed by atoms with van der Waals surface area (Å²) in [6, 6.07) is 8.68. The molecule has 23 heavy (non-hydrogen) atoms. The molecule has 0 aliphatic carbocycles. The Bertz CT molecular complexity index is 649. The number of carbonyl (C=O) groups excluding carboxylic acids is 1. The summed E-state index contributed by atoms with van der Waals surface area (Å²) in [7, 11) is 0. The van der Waals surface area contributed by atoms with Crippen molar-refractivity contribution in [2.75, 3.05) is 18.4 Å². The number of nitrogens with zero attached hydrogens (tertiary/aromatic N) is 2. The van der Waals surface area contributed by atoms with E-state index >= 15 is 0 Å². The number of ketones is 1. The molecule has 0 atom stereocenters. The van der Waals surface area contributed by atoms with Gasteiger partial charge in [0.2, 0.25) is 5.95 Å². The van der Waals surface area contributed by atoms with Crippen molar-refractivity contribution in [3.05, 3.63) is 24.3 Å². The number of aryl methyl sites for hydroxylation is 1. The van der Waals surface area contributed by atoms with E-state index in [2.05, 4.69) is 21.3 Å². The van der Waals surface area contributed by atoms with Crippen LogP contribution in [0.15, 0.2) is 24.3 Å². The maximum Gasteiger partial charge on any atom is 0.204 e. The van der Waals surface area contributed by atoms with E-state index in [4.69, 9.17) is 4.98 Å². The number of aromatic nitrogens is 2. The zero-order chi connectivity index (χ0) is 15.4. The van der Waals surface area contributed by atoms with Crippen molar-refractivity contribution < 1.29 is 4.79 Å². The Morgan fingerprint density at radius 2 is 2.09 bits per heavy atom. The summed E-state index contributed by atoms with van der Waals surface area (Å²) >= 11 is 0. The van der Waals surface area contributed by atoms with Gasteiger partial charge in [0, 0.05) is 19.0 Å². The molecule has 0 radical (unpaired) electrons. The third-order valence-electron chi connectivity index (χ3n) is 4.24. The molecule has 1 fully saturated rings. The van der Waals surface area contributed by atoms with E-state index in [-0.39, 0.29) is 29.8 Å². The van der Waals surface area contributed by atoms with Gasteiger partial charge in [-0.25, -0.2) is 4.98 Å². The Morgan fingerprint density at radius 1 is 1.35 bits per heavy atom. The Labute approximate surface area is 154 Å². The van der Waals surface area contributed by atoms with Gasteiger partial charge in [0.1, 0.15) is 5.78 Å². The number of hydrogen-bond acceptors (Lipinski definition) is 4. The molecule has 2 heterocycles. The van der Waals surface area contributed by atoms with Crippen LogP contribution in [0.3, 0.4) is 0 Å². The van der Waals surface area contributed by atoms with Gasteiger partial charge in [0.05, 0.1) is 11.0 Å². The molecule has 5 nitrogen and oxygen atoms in total. The summed E-state index contributed by atoms with van der Waals surface area (Å²) in [5, 5.41) is 6.99. The molecule has 0 saturated carbocycles. The van der Waals surface area contributed by atoms with Gasteiger partial charge < -0.3 is 20.0 Å². The lowest BCUT2D eigenvalue weighted by molar-refractivity contribution is -0.117. The molecule has 1 aromatic carbocycles. The molecule has 1 aliphatic rings. The lowest BCUT2D eigenvalue weighted by atomic mass is 10.1. The van der Waals surface area contributed by atoms with Crippen molar-refractivity contribution in [2.24, 2.45) is 0 Å². The first-order valence-corrected chi connectivity index (χ1v) is 8.16. The minimum absolute atomic E-state index is 0. The maximum atomic E-state index is 11.2. The Kier molecular flexibility index (Phi) is 6.83. The molecule has 0 spiro atoms. The molecule has 1 saturated heterocycles. The number of carbonyl (C=O) groups is 1. The van der Waals surface area contributed by atoms with E-state index in [9.17, 15) is 4.79 Å². The topological polar surface area (TPSA) is 59.0 Å². The molecule has 0 unspecified atom stereocenters. The average molecular weight is 428 g/mol. The maximum absolute atomic E-state index is 11.2. The van der Waals surface area contributed by atoms with Gasteiger partial charge in [-0.2, -0.15) is 0 Å². The molecule has 2 aromatic rings. The van der Waals surface area contributed by atoms with Crippen molar-refractivity contribution in [2.45, 2.75) is 45.2 Å². The zero-order valence-corrected chi connectivity index (χ0v) is 15.9. The lowest BCUT2D eigenvalue weighted by Gasteiger charge is -2.24. The Hall–Kier alpha value is -1.15. The largest absolute Gasteiger partial charge is 0.353 e. The minimum Gasteiger partial charge on any atom is -0.353 e. The lowest BCUT2D eigenvalue weighted by Crippen LogP contribution is -2.36. The van der Waals surface area contributed by atoms with Gasteiger partial charge in [-0.05, 0) is 51.4 Å². The number of piperidine rings is 1. The zero-order valence-electron chi connectivity index (χ0n) is 13.5. The molecule has 2 N–H and O–H groups in total. The Balaban J connectivity index is 0.00000192. The average Bonchev–Trinajstić information content (AvgIpc) is 2.86. The number of benzene rings is 1. The minimum atomic E-state index is 0. The monoisotopic (exact) mass is 428 g/mol. The number of halogens is 1. The number of Topliss-reactive ketones (excluding diaryl/α,β-unsaturated/α-hetero) is 1. The fourth-order valence-corrected chi connectivity index (χ4v) is 3.05. The van der Waals surface area contributed by atoms with Crippen LogP contribution in [0.25, 0.3) is 11.0 Å². The quantitative estimate of drug-likeness (QED) is 0.694. The van der Waals surface area contributed by atoms with E-state index in [0.717, 1.165) is 55.9 Å². The Morgan fingerprint density at radius 3 is 2.83 bits per heavy atom. The first kappa shape index (κ1) is 18.2. The van der Waals surface area contributed by atoms with Crippen LogP contribution in [0, 0.1) is 0 Å². The summed E-state index contributed by atoms with van der Waals surface area (Å²) in [6.07, 6.45) is 3.73. The fraction of sp³-hybridized carbons (Fsp3) is 0.529. The highest BCUT2D eigenvalue weighted by atomic mass is 127. The molecule has 0 amide bonds. The van der Waals surface area contributed by atoms with Crippen LogP contribution in [0.4, 0.5) is 5.95 Å². The van der Waals surface area contributed by atoms with Crippen molar-refractivity contribution in [1.29, 1.82) is 0 Å². The van der Waals surface area contributed by atoms with Crippen LogP contribution in [0.2, 0.25) is 0 Å². The SMILES string of the molecule is CC(=O)CCCn1c(NC2CCNCC2)nc2ccccc21.I. The number of fused-ring (bicyclic) bond motifs is 1. The summed E-state index contributed by atoms with van der Waals surface area (Å²) < 4.78 is 2.22. The van der Waals surface area contributed by atoms with E-state index in [1.54, 1.807) is 6.92 Å². The van der Waals surface area contributed by atoms with Gasteiger partial charge in [-0.1, -0.05) is 12.1 Å². The number of anilines is 1. The van der Waals surface area contributed by atoms with E-state index in [1.807, 2.05) is 18.2 Å². The highest BCUT2D eigenvalue weighted by Crippen LogP contribution is 2.22. The normalized spacial score (nSPS) is 15.3. The van der Waals surface area contributed by atoms with Crippen LogP contribution < -0.4 is 10.6 Å². The second kappa shape index (κ2) is 8.63. The summed E-state index contributed by atoms with van der Waals surface area (Å²) in [6.45, 7) is 4.60. The van der Waals surface area contributed by atoms with E-state index in [0.29, 0.717) is 12.5 Å². The summed E-state index contributed by atoms with van der Waals surface area (Å²) in [5.41, 5.74) is 2.16. The van der Waals surface area contributed by atoms with Crippen LogP contribution in [0.5, 0.6) is 0 Å². The molecular formula is C17H25IN4O. The number of imidazole rings is 1. The third kappa shape index (κ3) is 4.67. The molecular weight excluding hydrogens is 403 g/mol. The van der Waals surface area contributed by atoms with Crippen molar-refractivity contribution in [3.8, 4) is 0 Å². The molecule has 126 valence electrons. The summed E-state index contributed by atoms with van der Waals surface area (Å²) in [5.74, 6) is 1.19. The van der Waals surface area contributed by atoms with Gasteiger partial charge in [0.15, 0.2) is 0 Å². The third-order valence-corrected chi connectivity index (χ3v) is 4.24. The number of para-hydroxylation sites is 2. The molecule has 1 aromatic heterocycles. The highest BCUT2D eigenvalue weighted by molar-refractivity contribution is 14.0. The fourth-order valence-electron chi connectivity index (χ4n) is 3.05. The van der Waals surface area contributed by atoms with E-state index in [1.165, 1.54) is 0 Å². The first-order chi connectivity index (χ1) is 10.7. The van der Waals surface area contributed by atoms with Crippen molar-refractivity contribution in [3.63, 3.8) is 0 Å². The van der Waals surface area contributed by atoms with Crippen LogP contribution in [-0.2, 0) is 11.3 Å². The van der Waals surface area contributed by atoms with Crippen LogP contribution >= 0.6 is 24.0 Å². The van der Waals surface area contributed by atoms with Crippen LogP contribution in [0.1, 0.15) is 32.6 Å². The van der Waals surface area contributed by atoms with Crippen molar-refractivity contribution in [1.82, 2.24) is 14.9 Å². The predicted octanol–water partition coefficient (Wildman–Crippen LogP) is 3.19. The first-order valence-electron chi connectivity index (χ1n) is 8.16. The molecule has 0 bridgehead atoms. The van der Waals surface area contributed by atoms with Gasteiger partial charge in [-0.3, -0.25) is 0 Å². The van der Waals surface area contributed by atoms with Crippen molar-refractivity contribution >= 4 is 46.7 Å². The standard InChI is InChI=1S/C17H24N4O.HI/c1-13(22)5-4-12-21-16-7-3-2-6-15(16)20-17(21)19-14-8-10-18-11-9-14;/h2-3,6-7,14,18H,4-5,8-12H2,1H3,(H,19,20);1H. The summed E-state index contributed by atoms with van der Waals surface area (Å²) in [4.78, 5) is 15.9. The second-order valence-corrected chi connectivity index (χ2v) is 6.05.